The number of hydrogen-bond acceptors (Lipinski definition) is 5. The van der Waals surface area contributed by atoms with Crippen molar-refractivity contribution in [2.24, 2.45) is 0 Å². The first kappa shape index (κ1) is 24.0. The van der Waals surface area contributed by atoms with Crippen molar-refractivity contribution in [3.63, 3.8) is 0 Å². The lowest BCUT2D eigenvalue weighted by atomic mass is 10.0. The van der Waals surface area contributed by atoms with E-state index in [1.54, 1.807) is 24.3 Å². The predicted octanol–water partition coefficient (Wildman–Crippen LogP) is 4.83. The van der Waals surface area contributed by atoms with Crippen LogP contribution < -0.4 is 24.8 Å². The predicted molar refractivity (Wildman–Crippen MR) is 132 cm³/mol. The van der Waals surface area contributed by atoms with E-state index < -0.39 is 0 Å². The molecule has 0 fully saturated rings. The van der Waals surface area contributed by atoms with Gasteiger partial charge in [-0.25, -0.2) is 4.39 Å². The van der Waals surface area contributed by atoms with Crippen molar-refractivity contribution < 1.29 is 23.4 Å². The fourth-order valence-electron chi connectivity index (χ4n) is 3.61. The smallest absolute Gasteiger partial charge is 0.216 e. The molecule has 3 aromatic rings. The number of nitrogens with one attached hydrogen (secondary N) is 2. The summed E-state index contributed by atoms with van der Waals surface area (Å²) in [6, 6.07) is 16.5. The fraction of sp³-hybridized carbons (Fsp3) is 0.269. The third-order valence-corrected chi connectivity index (χ3v) is 5.94. The highest BCUT2D eigenvalue weighted by Crippen LogP contribution is 2.36. The van der Waals surface area contributed by atoms with Gasteiger partial charge < -0.3 is 24.8 Å². The average molecular weight is 529 g/mol. The van der Waals surface area contributed by atoms with Crippen molar-refractivity contribution in [2.75, 3.05) is 26.3 Å². The Bertz CT molecular complexity index is 1170. The van der Waals surface area contributed by atoms with Crippen molar-refractivity contribution in [1.82, 2.24) is 10.6 Å². The van der Waals surface area contributed by atoms with Crippen LogP contribution in [0.1, 0.15) is 18.1 Å². The van der Waals surface area contributed by atoms with Crippen LogP contribution in [0.4, 0.5) is 4.39 Å². The number of hydrogen-bond donors (Lipinski definition) is 2. The number of amides is 1. The molecule has 0 aromatic heterocycles. The second kappa shape index (κ2) is 11.4. The molecule has 1 amide bonds. The molecule has 8 heteroatoms. The zero-order valence-corrected chi connectivity index (χ0v) is 20.4. The minimum atomic E-state index is -0.324. The van der Waals surface area contributed by atoms with Crippen LogP contribution in [-0.2, 0) is 17.9 Å². The van der Waals surface area contributed by atoms with Crippen LogP contribution in [0.15, 0.2) is 59.1 Å². The third kappa shape index (κ3) is 6.07. The highest BCUT2D eigenvalue weighted by atomic mass is 79.9. The second-order valence-corrected chi connectivity index (χ2v) is 8.70. The van der Waals surface area contributed by atoms with E-state index in [-0.39, 0.29) is 18.3 Å². The molecule has 1 aliphatic heterocycles. The molecule has 1 heterocycles. The first-order valence-electron chi connectivity index (χ1n) is 11.0. The summed E-state index contributed by atoms with van der Waals surface area (Å²) in [5, 5.41) is 6.01. The van der Waals surface area contributed by atoms with Gasteiger partial charge in [-0.05, 0) is 51.3 Å². The maximum atomic E-state index is 15.3. The maximum Gasteiger partial charge on any atom is 0.216 e. The van der Waals surface area contributed by atoms with Gasteiger partial charge in [-0.3, -0.25) is 4.79 Å². The standard InChI is InChI=1S/C26H26BrFN2O4/c1-17(31)30-10-9-29-15-18-5-7-23(22(27)13-18)34-16-20-3-2-4-21(26(20)28)19-6-8-24-25(14-19)33-12-11-32-24/h2-8,13-14,29H,9-12,15-16H2,1H3,(H,30,31). The minimum Gasteiger partial charge on any atom is -0.488 e. The highest BCUT2D eigenvalue weighted by Gasteiger charge is 2.16. The molecular formula is C26H26BrFN2O4. The average Bonchev–Trinajstić information content (AvgIpc) is 2.83. The van der Waals surface area contributed by atoms with Gasteiger partial charge >= 0.3 is 0 Å². The molecule has 0 saturated carbocycles. The SMILES string of the molecule is CC(=O)NCCNCc1ccc(OCc2cccc(-c3ccc4c(c3)OCCO4)c2F)c(Br)c1. The number of halogens is 2. The third-order valence-electron chi connectivity index (χ3n) is 5.32. The van der Waals surface area contributed by atoms with Gasteiger partial charge in [-0.15, -0.1) is 0 Å². The first-order chi connectivity index (χ1) is 16.5. The van der Waals surface area contributed by atoms with Gasteiger partial charge in [0.1, 0.15) is 31.4 Å². The number of carbonyl (C=O) groups is 1. The van der Waals surface area contributed by atoms with Crippen LogP contribution in [-0.4, -0.2) is 32.2 Å². The Morgan fingerprint density at radius 3 is 2.68 bits per heavy atom. The van der Waals surface area contributed by atoms with Gasteiger partial charge in [0.05, 0.1) is 4.47 Å². The van der Waals surface area contributed by atoms with E-state index in [9.17, 15) is 4.79 Å². The molecule has 6 nitrogen and oxygen atoms in total. The molecule has 0 bridgehead atoms. The minimum absolute atomic E-state index is 0.0423. The van der Waals surface area contributed by atoms with Crippen LogP contribution in [0.25, 0.3) is 11.1 Å². The Balaban J connectivity index is 1.39. The second-order valence-electron chi connectivity index (χ2n) is 7.85. The van der Waals surface area contributed by atoms with Crippen molar-refractivity contribution in [2.45, 2.75) is 20.1 Å². The maximum absolute atomic E-state index is 15.3. The van der Waals surface area contributed by atoms with E-state index in [1.807, 2.05) is 30.3 Å². The zero-order chi connectivity index (χ0) is 23.9. The summed E-state index contributed by atoms with van der Waals surface area (Å²) in [5.41, 5.74) is 2.73. The van der Waals surface area contributed by atoms with E-state index in [2.05, 4.69) is 26.6 Å². The van der Waals surface area contributed by atoms with Gasteiger partial charge in [0.15, 0.2) is 11.5 Å². The van der Waals surface area contributed by atoms with E-state index in [0.717, 1.165) is 15.6 Å². The molecule has 0 unspecified atom stereocenters. The lowest BCUT2D eigenvalue weighted by Gasteiger charge is -2.19. The molecule has 4 rings (SSSR count). The molecule has 34 heavy (non-hydrogen) atoms. The summed E-state index contributed by atoms with van der Waals surface area (Å²) in [6.45, 7) is 4.49. The number of carbonyl (C=O) groups excluding carboxylic acids is 1. The number of rotatable bonds is 9. The molecular weight excluding hydrogens is 503 g/mol. The summed E-state index contributed by atoms with van der Waals surface area (Å²) >= 11 is 3.54. The molecule has 178 valence electrons. The van der Waals surface area contributed by atoms with Crippen molar-refractivity contribution >= 4 is 21.8 Å². The molecule has 0 saturated heterocycles. The summed E-state index contributed by atoms with van der Waals surface area (Å²) in [6.07, 6.45) is 0. The summed E-state index contributed by atoms with van der Waals surface area (Å²) in [7, 11) is 0. The highest BCUT2D eigenvalue weighted by molar-refractivity contribution is 9.10. The zero-order valence-electron chi connectivity index (χ0n) is 18.8. The lowest BCUT2D eigenvalue weighted by Crippen LogP contribution is -2.29. The summed E-state index contributed by atoms with van der Waals surface area (Å²) in [4.78, 5) is 10.9. The Morgan fingerprint density at radius 1 is 1.06 bits per heavy atom. The van der Waals surface area contributed by atoms with Gasteiger partial charge in [-0.2, -0.15) is 0 Å². The Labute approximate surface area is 206 Å². The summed E-state index contributed by atoms with van der Waals surface area (Å²) < 4.78 is 33.2. The quantitative estimate of drug-likeness (QED) is 0.389. The van der Waals surface area contributed by atoms with Gasteiger partial charge in [0, 0.05) is 37.7 Å². The van der Waals surface area contributed by atoms with Gasteiger partial charge in [0.2, 0.25) is 5.91 Å². The van der Waals surface area contributed by atoms with Gasteiger partial charge in [-0.1, -0.05) is 30.3 Å². The molecule has 0 atom stereocenters. The number of fused-ring (bicyclic) bond motifs is 1. The van der Waals surface area contributed by atoms with E-state index in [0.29, 0.717) is 61.2 Å². The largest absolute Gasteiger partial charge is 0.488 e. The van der Waals surface area contributed by atoms with Crippen LogP contribution >= 0.6 is 15.9 Å². The van der Waals surface area contributed by atoms with Crippen molar-refractivity contribution in [1.29, 1.82) is 0 Å². The Morgan fingerprint density at radius 2 is 1.88 bits per heavy atom. The van der Waals surface area contributed by atoms with Crippen LogP contribution in [0, 0.1) is 5.82 Å². The molecule has 2 N–H and O–H groups in total. The summed E-state index contributed by atoms with van der Waals surface area (Å²) in [5.74, 6) is 1.56. The van der Waals surface area contributed by atoms with Crippen LogP contribution in [0.3, 0.4) is 0 Å². The van der Waals surface area contributed by atoms with Crippen LogP contribution in [0.2, 0.25) is 0 Å². The van der Waals surface area contributed by atoms with E-state index >= 15 is 4.39 Å². The van der Waals surface area contributed by atoms with Crippen molar-refractivity contribution in [3.8, 4) is 28.4 Å². The van der Waals surface area contributed by atoms with Gasteiger partial charge in [0.25, 0.3) is 0 Å². The van der Waals surface area contributed by atoms with Crippen LogP contribution in [0.5, 0.6) is 17.2 Å². The number of benzene rings is 3. The monoisotopic (exact) mass is 528 g/mol. The Hall–Kier alpha value is -3.10. The fourth-order valence-corrected chi connectivity index (χ4v) is 4.15. The molecule has 3 aromatic carbocycles. The topological polar surface area (TPSA) is 68.8 Å². The van der Waals surface area contributed by atoms with Crippen molar-refractivity contribution in [3.05, 3.63) is 76.0 Å². The first-order valence-corrected chi connectivity index (χ1v) is 11.8. The normalized spacial score (nSPS) is 12.3. The lowest BCUT2D eigenvalue weighted by molar-refractivity contribution is -0.118. The number of ether oxygens (including phenoxy) is 3. The molecule has 1 aliphatic rings. The molecule has 0 aliphatic carbocycles. The Kier molecular flexibility index (Phi) is 8.03. The molecule has 0 radical (unpaired) electrons. The molecule has 0 spiro atoms. The van der Waals surface area contributed by atoms with E-state index in [1.165, 1.54) is 6.92 Å². The van der Waals surface area contributed by atoms with E-state index in [4.69, 9.17) is 14.2 Å².